The molecule has 2 atom stereocenters. The molecule has 0 aliphatic carbocycles. The van der Waals surface area contributed by atoms with Crippen molar-refractivity contribution >= 4 is 9.84 Å². The lowest BCUT2D eigenvalue weighted by molar-refractivity contribution is -0.155. The van der Waals surface area contributed by atoms with Crippen molar-refractivity contribution in [2.45, 2.75) is 57.2 Å². The second-order valence-corrected chi connectivity index (χ2v) is 7.80. The maximum absolute atomic E-state index is 11.1. The molecule has 102 valence electrons. The first-order chi connectivity index (χ1) is 7.68. The van der Waals surface area contributed by atoms with Gasteiger partial charge < -0.3 is 9.84 Å². The Labute approximate surface area is 104 Å². The highest BCUT2D eigenvalue weighted by Gasteiger charge is 2.40. The van der Waals surface area contributed by atoms with Crippen molar-refractivity contribution < 1.29 is 18.3 Å². The van der Waals surface area contributed by atoms with E-state index in [-0.39, 0.29) is 11.4 Å². The number of ether oxygens (including phenoxy) is 1. The monoisotopic (exact) mass is 264 g/mol. The minimum atomic E-state index is -2.93. The second-order valence-electron chi connectivity index (χ2n) is 5.54. The molecule has 0 spiro atoms. The van der Waals surface area contributed by atoms with Crippen LogP contribution in [0, 0.1) is 0 Å². The van der Waals surface area contributed by atoms with Gasteiger partial charge in [-0.3, -0.25) is 0 Å². The molecule has 0 radical (unpaired) electrons. The molecule has 0 aromatic carbocycles. The van der Waals surface area contributed by atoms with Gasteiger partial charge in [-0.25, -0.2) is 8.42 Å². The maximum Gasteiger partial charge on any atom is 0.147 e. The zero-order valence-corrected chi connectivity index (χ0v) is 11.8. The fraction of sp³-hybridized carbons (Fsp3) is 1.00. The van der Waals surface area contributed by atoms with Crippen molar-refractivity contribution in [3.8, 4) is 0 Å². The first-order valence-corrected chi connectivity index (χ1v) is 8.28. The van der Waals surface area contributed by atoms with E-state index >= 15 is 0 Å². The van der Waals surface area contributed by atoms with Gasteiger partial charge in [-0.2, -0.15) is 0 Å². The minimum Gasteiger partial charge on any atom is -0.390 e. The third-order valence-corrected chi connectivity index (χ3v) is 4.66. The summed E-state index contributed by atoms with van der Waals surface area (Å²) in [5.41, 5.74) is -1.02. The molecule has 1 saturated heterocycles. The van der Waals surface area contributed by atoms with Gasteiger partial charge in [0.25, 0.3) is 0 Å². The summed E-state index contributed by atoms with van der Waals surface area (Å²) in [5, 5.41) is 10.5. The summed E-state index contributed by atoms with van der Waals surface area (Å²) in [7, 11) is -2.93. The molecule has 1 N–H and O–H groups in total. The van der Waals surface area contributed by atoms with Crippen LogP contribution in [-0.2, 0) is 14.6 Å². The molecule has 1 aliphatic heterocycles. The van der Waals surface area contributed by atoms with Crippen LogP contribution in [0.4, 0.5) is 0 Å². The summed E-state index contributed by atoms with van der Waals surface area (Å²) in [6.07, 6.45) is 4.36. The Morgan fingerprint density at radius 1 is 1.41 bits per heavy atom. The van der Waals surface area contributed by atoms with Gasteiger partial charge in [-0.15, -0.1) is 0 Å². The number of aliphatic hydroxyl groups is 1. The van der Waals surface area contributed by atoms with Crippen LogP contribution in [0.25, 0.3) is 0 Å². The van der Waals surface area contributed by atoms with Crippen LogP contribution >= 0.6 is 0 Å². The largest absolute Gasteiger partial charge is 0.390 e. The first kappa shape index (κ1) is 14.9. The van der Waals surface area contributed by atoms with Gasteiger partial charge in [0.1, 0.15) is 9.84 Å². The molecular weight excluding hydrogens is 240 g/mol. The van der Waals surface area contributed by atoms with E-state index in [1.165, 1.54) is 6.26 Å². The molecular formula is C12H24O4S. The third kappa shape index (κ3) is 4.94. The summed E-state index contributed by atoms with van der Waals surface area (Å²) < 4.78 is 27.8. The van der Waals surface area contributed by atoms with E-state index in [2.05, 4.69) is 0 Å². The summed E-state index contributed by atoms with van der Waals surface area (Å²) in [5.74, 6) is 0.152. The summed E-state index contributed by atoms with van der Waals surface area (Å²) >= 11 is 0. The maximum atomic E-state index is 11.1. The van der Waals surface area contributed by atoms with E-state index in [0.29, 0.717) is 32.3 Å². The molecule has 0 amide bonds. The van der Waals surface area contributed by atoms with Gasteiger partial charge in [0, 0.05) is 18.4 Å². The van der Waals surface area contributed by atoms with Crippen molar-refractivity contribution in [2.24, 2.45) is 0 Å². The van der Waals surface area contributed by atoms with Gasteiger partial charge in [-0.05, 0) is 32.6 Å². The van der Waals surface area contributed by atoms with Crippen molar-refractivity contribution in [1.29, 1.82) is 0 Å². The molecule has 0 aromatic rings. The smallest absolute Gasteiger partial charge is 0.147 e. The second kappa shape index (κ2) is 5.24. The number of sulfone groups is 1. The Hall–Kier alpha value is -0.130. The zero-order valence-electron chi connectivity index (χ0n) is 11.0. The average molecular weight is 264 g/mol. The van der Waals surface area contributed by atoms with E-state index in [1.54, 1.807) is 0 Å². The molecule has 4 nitrogen and oxygen atoms in total. The van der Waals surface area contributed by atoms with Crippen LogP contribution in [-0.4, -0.2) is 43.3 Å². The van der Waals surface area contributed by atoms with Crippen molar-refractivity contribution in [2.75, 3.05) is 18.6 Å². The molecule has 17 heavy (non-hydrogen) atoms. The van der Waals surface area contributed by atoms with Crippen LogP contribution in [0.1, 0.15) is 46.0 Å². The molecule has 0 saturated carbocycles. The third-order valence-electron chi connectivity index (χ3n) is 3.63. The molecule has 1 rings (SSSR count). The van der Waals surface area contributed by atoms with Gasteiger partial charge in [0.05, 0.1) is 17.8 Å². The zero-order chi connectivity index (χ0) is 13.2. The Bertz CT molecular complexity index is 352. The highest BCUT2D eigenvalue weighted by atomic mass is 32.2. The lowest BCUT2D eigenvalue weighted by Gasteiger charge is -2.43. The van der Waals surface area contributed by atoms with Crippen LogP contribution in [0.15, 0.2) is 0 Å². The van der Waals surface area contributed by atoms with Crippen LogP contribution in [0.5, 0.6) is 0 Å². The highest BCUT2D eigenvalue weighted by Crippen LogP contribution is 2.37. The van der Waals surface area contributed by atoms with Crippen LogP contribution < -0.4 is 0 Å². The molecule has 1 heterocycles. The van der Waals surface area contributed by atoms with E-state index in [0.717, 1.165) is 6.42 Å². The normalized spacial score (nSPS) is 34.8. The highest BCUT2D eigenvalue weighted by molar-refractivity contribution is 7.90. The number of hydrogen-bond donors (Lipinski definition) is 1. The minimum absolute atomic E-state index is 0.152. The Morgan fingerprint density at radius 2 is 2.06 bits per heavy atom. The Balaban J connectivity index is 2.51. The number of hydrogen-bond acceptors (Lipinski definition) is 4. The molecule has 2 unspecified atom stereocenters. The quantitative estimate of drug-likeness (QED) is 0.818. The standard InChI is InChI=1S/C12H24O4S/c1-4-11(2)10-12(13,7-8-16-11)6-5-9-17(3,14)15/h13H,4-10H2,1-3H3. The average Bonchev–Trinajstić information content (AvgIpc) is 2.15. The number of rotatable bonds is 5. The molecule has 1 aliphatic rings. The fourth-order valence-corrected chi connectivity index (χ4v) is 3.10. The van der Waals surface area contributed by atoms with Crippen LogP contribution in [0.2, 0.25) is 0 Å². The predicted octanol–water partition coefficient (Wildman–Crippen LogP) is 1.52. The van der Waals surface area contributed by atoms with Crippen molar-refractivity contribution in [3.05, 3.63) is 0 Å². The van der Waals surface area contributed by atoms with E-state index in [1.807, 2.05) is 13.8 Å². The molecule has 0 aromatic heterocycles. The summed E-state index contributed by atoms with van der Waals surface area (Å²) in [6.45, 7) is 4.61. The van der Waals surface area contributed by atoms with Crippen molar-refractivity contribution in [3.63, 3.8) is 0 Å². The SMILES string of the molecule is CCC1(C)CC(O)(CCCS(C)(=O)=O)CCO1. The Kier molecular flexibility index (Phi) is 4.60. The molecule has 5 heteroatoms. The Morgan fingerprint density at radius 3 is 2.59 bits per heavy atom. The summed E-state index contributed by atoms with van der Waals surface area (Å²) in [6, 6.07) is 0. The summed E-state index contributed by atoms with van der Waals surface area (Å²) in [4.78, 5) is 0. The topological polar surface area (TPSA) is 63.6 Å². The van der Waals surface area contributed by atoms with Gasteiger partial charge >= 0.3 is 0 Å². The lowest BCUT2D eigenvalue weighted by Crippen LogP contribution is -2.47. The van der Waals surface area contributed by atoms with Gasteiger partial charge in [0.15, 0.2) is 0 Å². The fourth-order valence-electron chi connectivity index (χ4n) is 2.43. The predicted molar refractivity (Wildman–Crippen MR) is 67.8 cm³/mol. The molecule has 1 fully saturated rings. The lowest BCUT2D eigenvalue weighted by atomic mass is 9.79. The van der Waals surface area contributed by atoms with E-state index in [4.69, 9.17) is 4.74 Å². The van der Waals surface area contributed by atoms with Gasteiger partial charge in [-0.1, -0.05) is 6.92 Å². The van der Waals surface area contributed by atoms with Crippen LogP contribution in [0.3, 0.4) is 0 Å². The van der Waals surface area contributed by atoms with E-state index < -0.39 is 15.4 Å². The van der Waals surface area contributed by atoms with Gasteiger partial charge in [0.2, 0.25) is 0 Å². The first-order valence-electron chi connectivity index (χ1n) is 6.22. The van der Waals surface area contributed by atoms with Crippen molar-refractivity contribution in [1.82, 2.24) is 0 Å². The molecule has 0 bridgehead atoms. The van der Waals surface area contributed by atoms with E-state index in [9.17, 15) is 13.5 Å².